The third-order valence-electron chi connectivity index (χ3n) is 2.62. The first-order valence-electron chi connectivity index (χ1n) is 6.39. The molecule has 0 saturated carbocycles. The van der Waals surface area contributed by atoms with E-state index in [2.05, 4.69) is 4.74 Å². The molecule has 122 valence electrons. The van der Waals surface area contributed by atoms with Crippen molar-refractivity contribution in [2.45, 2.75) is 30.2 Å². The van der Waals surface area contributed by atoms with E-state index in [1.165, 1.54) is 25.3 Å². The number of methoxy groups -OCH3 is 1. The number of esters is 2. The Kier molecular flexibility index (Phi) is 6.73. The van der Waals surface area contributed by atoms with Crippen molar-refractivity contribution in [3.05, 3.63) is 29.3 Å². The van der Waals surface area contributed by atoms with E-state index in [-0.39, 0.29) is 47.2 Å². The number of alkyl halides is 3. The van der Waals surface area contributed by atoms with Crippen molar-refractivity contribution in [3.63, 3.8) is 0 Å². The molecule has 0 bridgehead atoms. The standard InChI is InChI=1S/C14H15F3O4S/c1-3-21-13(19)10-4-6-11(22-14(15,16)17)9(8-10)5-7-12(18)20-2/h4,6,8H,3,5,7H2,1-2H3. The second-order valence-corrected chi connectivity index (χ2v) is 5.27. The molecule has 1 aromatic carbocycles. The lowest BCUT2D eigenvalue weighted by atomic mass is 10.1. The van der Waals surface area contributed by atoms with Crippen LogP contribution in [0.4, 0.5) is 13.2 Å². The van der Waals surface area contributed by atoms with E-state index in [1.807, 2.05) is 0 Å². The van der Waals surface area contributed by atoms with E-state index in [9.17, 15) is 22.8 Å². The Balaban J connectivity index is 3.04. The molecule has 0 aliphatic rings. The molecule has 0 fully saturated rings. The maximum Gasteiger partial charge on any atom is 0.446 e. The fourth-order valence-corrected chi connectivity index (χ4v) is 2.36. The van der Waals surface area contributed by atoms with Gasteiger partial charge in [-0.25, -0.2) is 4.79 Å². The monoisotopic (exact) mass is 336 g/mol. The quantitative estimate of drug-likeness (QED) is 0.587. The normalized spacial score (nSPS) is 11.1. The van der Waals surface area contributed by atoms with Crippen molar-refractivity contribution < 1.29 is 32.2 Å². The van der Waals surface area contributed by atoms with Gasteiger partial charge in [0, 0.05) is 11.3 Å². The summed E-state index contributed by atoms with van der Waals surface area (Å²) in [4.78, 5) is 22.8. The number of aryl methyl sites for hydroxylation is 1. The van der Waals surface area contributed by atoms with Crippen LogP contribution in [-0.4, -0.2) is 31.2 Å². The van der Waals surface area contributed by atoms with Crippen LogP contribution >= 0.6 is 11.8 Å². The maximum atomic E-state index is 12.5. The summed E-state index contributed by atoms with van der Waals surface area (Å²) in [6.45, 7) is 1.79. The molecule has 0 saturated heterocycles. The van der Waals surface area contributed by atoms with Gasteiger partial charge >= 0.3 is 17.4 Å². The summed E-state index contributed by atoms with van der Waals surface area (Å²) < 4.78 is 46.9. The van der Waals surface area contributed by atoms with Crippen LogP contribution in [0.15, 0.2) is 23.1 Å². The molecule has 1 rings (SSSR count). The first kappa shape index (κ1) is 18.3. The lowest BCUT2D eigenvalue weighted by Crippen LogP contribution is -2.08. The highest BCUT2D eigenvalue weighted by molar-refractivity contribution is 8.00. The summed E-state index contributed by atoms with van der Waals surface area (Å²) >= 11 is -0.284. The molecule has 4 nitrogen and oxygen atoms in total. The van der Waals surface area contributed by atoms with Gasteiger partial charge in [0.25, 0.3) is 0 Å². The van der Waals surface area contributed by atoms with Crippen LogP contribution in [0.2, 0.25) is 0 Å². The van der Waals surface area contributed by atoms with Gasteiger partial charge in [-0.2, -0.15) is 13.2 Å². The van der Waals surface area contributed by atoms with Gasteiger partial charge in [0.2, 0.25) is 0 Å². The van der Waals surface area contributed by atoms with Crippen molar-refractivity contribution in [2.24, 2.45) is 0 Å². The fourth-order valence-electron chi connectivity index (χ4n) is 1.68. The fraction of sp³-hybridized carbons (Fsp3) is 0.429. The Morgan fingerprint density at radius 1 is 1.27 bits per heavy atom. The molecule has 0 atom stereocenters. The number of carbonyl (C=O) groups is 2. The highest BCUT2D eigenvalue weighted by atomic mass is 32.2. The Morgan fingerprint density at radius 3 is 2.50 bits per heavy atom. The number of ether oxygens (including phenoxy) is 2. The molecule has 0 unspecified atom stereocenters. The van der Waals surface area contributed by atoms with Crippen LogP contribution in [0.25, 0.3) is 0 Å². The molecule has 8 heteroatoms. The Hall–Kier alpha value is -1.70. The lowest BCUT2D eigenvalue weighted by molar-refractivity contribution is -0.140. The SMILES string of the molecule is CCOC(=O)c1ccc(SC(F)(F)F)c(CCC(=O)OC)c1. The Morgan fingerprint density at radius 2 is 1.95 bits per heavy atom. The second-order valence-electron chi connectivity index (χ2n) is 4.17. The summed E-state index contributed by atoms with van der Waals surface area (Å²) in [5.74, 6) is -1.16. The van der Waals surface area contributed by atoms with E-state index in [1.54, 1.807) is 6.92 Å². The zero-order valence-corrected chi connectivity index (χ0v) is 12.8. The van der Waals surface area contributed by atoms with Crippen molar-refractivity contribution in [3.8, 4) is 0 Å². The van der Waals surface area contributed by atoms with Crippen LogP contribution in [0, 0.1) is 0 Å². The lowest BCUT2D eigenvalue weighted by Gasteiger charge is -2.12. The van der Waals surface area contributed by atoms with Gasteiger partial charge in [-0.15, -0.1) is 0 Å². The third kappa shape index (κ3) is 5.97. The van der Waals surface area contributed by atoms with Crippen LogP contribution < -0.4 is 0 Å². The molecule has 0 aliphatic carbocycles. The van der Waals surface area contributed by atoms with Crippen molar-refractivity contribution >= 4 is 23.7 Å². The molecule has 0 N–H and O–H groups in total. The molecule has 1 aromatic rings. The van der Waals surface area contributed by atoms with Crippen molar-refractivity contribution in [1.29, 1.82) is 0 Å². The molecule has 0 heterocycles. The summed E-state index contributed by atoms with van der Waals surface area (Å²) in [7, 11) is 1.20. The minimum absolute atomic E-state index is 0.0400. The molecule has 0 spiro atoms. The van der Waals surface area contributed by atoms with Gasteiger partial charge in [0.15, 0.2) is 0 Å². The predicted molar refractivity (Wildman–Crippen MR) is 74.6 cm³/mol. The largest absolute Gasteiger partial charge is 0.469 e. The highest BCUT2D eigenvalue weighted by Crippen LogP contribution is 2.39. The summed E-state index contributed by atoms with van der Waals surface area (Å²) in [5.41, 5.74) is -4.06. The highest BCUT2D eigenvalue weighted by Gasteiger charge is 2.30. The minimum atomic E-state index is -4.45. The molecular weight excluding hydrogens is 321 g/mol. The zero-order chi connectivity index (χ0) is 16.8. The van der Waals surface area contributed by atoms with Gasteiger partial charge in [0.1, 0.15) is 0 Å². The van der Waals surface area contributed by atoms with Crippen LogP contribution in [0.3, 0.4) is 0 Å². The number of hydrogen-bond acceptors (Lipinski definition) is 5. The number of halogens is 3. The van der Waals surface area contributed by atoms with E-state index < -0.39 is 17.4 Å². The Bertz CT molecular complexity index is 543. The van der Waals surface area contributed by atoms with Gasteiger partial charge in [-0.05, 0) is 48.9 Å². The average molecular weight is 336 g/mol. The van der Waals surface area contributed by atoms with Gasteiger partial charge < -0.3 is 9.47 Å². The average Bonchev–Trinajstić information content (AvgIpc) is 2.44. The van der Waals surface area contributed by atoms with Gasteiger partial charge in [-0.1, -0.05) is 0 Å². The van der Waals surface area contributed by atoms with Crippen molar-refractivity contribution in [2.75, 3.05) is 13.7 Å². The maximum absolute atomic E-state index is 12.5. The number of benzene rings is 1. The first-order chi connectivity index (χ1) is 10.3. The van der Waals surface area contributed by atoms with Crippen LogP contribution in [0.5, 0.6) is 0 Å². The van der Waals surface area contributed by atoms with Crippen LogP contribution in [0.1, 0.15) is 29.3 Å². The first-order valence-corrected chi connectivity index (χ1v) is 7.21. The zero-order valence-electron chi connectivity index (χ0n) is 12.0. The van der Waals surface area contributed by atoms with E-state index >= 15 is 0 Å². The number of hydrogen-bond donors (Lipinski definition) is 0. The number of thioether (sulfide) groups is 1. The topological polar surface area (TPSA) is 52.6 Å². The summed E-state index contributed by atoms with van der Waals surface area (Å²) in [6, 6.07) is 3.79. The number of rotatable bonds is 6. The third-order valence-corrected chi connectivity index (χ3v) is 3.47. The van der Waals surface area contributed by atoms with E-state index in [0.29, 0.717) is 0 Å². The van der Waals surface area contributed by atoms with Crippen LogP contribution in [-0.2, 0) is 20.7 Å². The van der Waals surface area contributed by atoms with Gasteiger partial charge in [0.05, 0.1) is 19.3 Å². The Labute approximate surface area is 130 Å². The van der Waals surface area contributed by atoms with Gasteiger partial charge in [-0.3, -0.25) is 4.79 Å². The molecular formula is C14H15F3O4S. The van der Waals surface area contributed by atoms with E-state index in [4.69, 9.17) is 4.74 Å². The molecule has 0 aromatic heterocycles. The molecule has 0 amide bonds. The molecule has 0 radical (unpaired) electrons. The summed E-state index contributed by atoms with van der Waals surface area (Å²) in [6.07, 6.45) is -0.0352. The minimum Gasteiger partial charge on any atom is -0.469 e. The molecule has 0 aliphatic heterocycles. The van der Waals surface area contributed by atoms with Crippen molar-refractivity contribution in [1.82, 2.24) is 0 Å². The predicted octanol–water partition coefficient (Wildman–Crippen LogP) is 3.58. The smallest absolute Gasteiger partial charge is 0.446 e. The number of carbonyl (C=O) groups excluding carboxylic acids is 2. The molecule has 22 heavy (non-hydrogen) atoms. The van der Waals surface area contributed by atoms with E-state index in [0.717, 1.165) is 0 Å². The second kappa shape index (κ2) is 8.07. The summed E-state index contributed by atoms with van der Waals surface area (Å²) in [5, 5.41) is 0.